The molecular formula is C11H25NO2. The molecule has 3 heteroatoms. The number of carbonyl (C=O) groups excluding carboxylic acids is 1. The summed E-state index contributed by atoms with van der Waals surface area (Å²) in [4.78, 5) is 11.2. The molecule has 0 saturated carbocycles. The van der Waals surface area contributed by atoms with E-state index >= 15 is 0 Å². The van der Waals surface area contributed by atoms with Crippen molar-refractivity contribution in [3.05, 3.63) is 0 Å². The van der Waals surface area contributed by atoms with E-state index in [0.29, 0.717) is 6.42 Å². The second-order valence-electron chi connectivity index (χ2n) is 4.54. The van der Waals surface area contributed by atoms with Gasteiger partial charge in [-0.15, -0.1) is 0 Å². The fourth-order valence-corrected chi connectivity index (χ4v) is 1.49. The summed E-state index contributed by atoms with van der Waals surface area (Å²) in [6, 6.07) is 0. The number of methoxy groups -OCH3 is 1. The van der Waals surface area contributed by atoms with Crippen molar-refractivity contribution < 1.29 is 9.53 Å². The fourth-order valence-electron chi connectivity index (χ4n) is 1.49. The lowest BCUT2D eigenvalue weighted by atomic mass is 9.81. The van der Waals surface area contributed by atoms with Crippen LogP contribution in [0, 0.1) is 5.41 Å². The van der Waals surface area contributed by atoms with Crippen LogP contribution in [0.4, 0.5) is 0 Å². The second-order valence-corrected chi connectivity index (χ2v) is 4.54. The highest BCUT2D eigenvalue weighted by molar-refractivity contribution is 5.75. The number of rotatable bonds is 3. The van der Waals surface area contributed by atoms with Gasteiger partial charge in [-0.1, -0.05) is 13.8 Å². The SMILES string of the molecule is CC.COC(=O)C(C)(C)CC(C)(C)N. The van der Waals surface area contributed by atoms with Gasteiger partial charge in [0.15, 0.2) is 0 Å². The maximum Gasteiger partial charge on any atom is 0.311 e. The van der Waals surface area contributed by atoms with Gasteiger partial charge in [0, 0.05) is 5.54 Å². The lowest BCUT2D eigenvalue weighted by molar-refractivity contribution is -0.151. The van der Waals surface area contributed by atoms with E-state index in [2.05, 4.69) is 4.74 Å². The summed E-state index contributed by atoms with van der Waals surface area (Å²) in [5.41, 5.74) is 4.98. The van der Waals surface area contributed by atoms with Crippen LogP contribution in [-0.2, 0) is 9.53 Å². The molecule has 0 rings (SSSR count). The predicted octanol–water partition coefficient (Wildman–Crippen LogP) is 2.34. The van der Waals surface area contributed by atoms with Crippen LogP contribution in [0.1, 0.15) is 48.0 Å². The molecule has 0 heterocycles. The number of carbonyl (C=O) groups is 1. The summed E-state index contributed by atoms with van der Waals surface area (Å²) in [6.07, 6.45) is 0.618. The van der Waals surface area contributed by atoms with Gasteiger partial charge in [0.05, 0.1) is 12.5 Å². The summed E-state index contributed by atoms with van der Waals surface area (Å²) in [5, 5.41) is 0. The smallest absolute Gasteiger partial charge is 0.311 e. The topological polar surface area (TPSA) is 52.3 Å². The van der Waals surface area contributed by atoms with Crippen molar-refractivity contribution in [3.8, 4) is 0 Å². The van der Waals surface area contributed by atoms with Gasteiger partial charge in [-0.25, -0.2) is 0 Å². The minimum atomic E-state index is -0.493. The molecule has 0 aromatic heterocycles. The maximum atomic E-state index is 11.2. The van der Waals surface area contributed by atoms with Crippen LogP contribution in [0.2, 0.25) is 0 Å². The molecule has 0 fully saturated rings. The Hall–Kier alpha value is -0.570. The Bertz CT molecular complexity index is 169. The Kier molecular flexibility index (Phi) is 6.82. The average molecular weight is 203 g/mol. The molecule has 0 aromatic carbocycles. The first-order valence-electron chi connectivity index (χ1n) is 5.06. The summed E-state index contributed by atoms with van der Waals surface area (Å²) in [6.45, 7) is 11.5. The molecule has 0 aliphatic carbocycles. The van der Waals surface area contributed by atoms with Gasteiger partial charge in [0.1, 0.15) is 0 Å². The zero-order chi connectivity index (χ0) is 12.0. The van der Waals surface area contributed by atoms with Crippen molar-refractivity contribution in [2.75, 3.05) is 7.11 Å². The van der Waals surface area contributed by atoms with Crippen molar-refractivity contribution in [1.29, 1.82) is 0 Å². The molecule has 0 bridgehead atoms. The summed E-state index contributed by atoms with van der Waals surface area (Å²) in [7, 11) is 1.40. The van der Waals surface area contributed by atoms with Crippen molar-refractivity contribution in [2.45, 2.75) is 53.5 Å². The molecule has 2 N–H and O–H groups in total. The number of esters is 1. The molecule has 0 aliphatic heterocycles. The van der Waals surface area contributed by atoms with Crippen LogP contribution in [-0.4, -0.2) is 18.6 Å². The van der Waals surface area contributed by atoms with Gasteiger partial charge < -0.3 is 10.5 Å². The third kappa shape index (κ3) is 6.89. The van der Waals surface area contributed by atoms with Crippen molar-refractivity contribution in [3.63, 3.8) is 0 Å². The zero-order valence-corrected chi connectivity index (χ0v) is 10.6. The van der Waals surface area contributed by atoms with E-state index in [1.807, 2.05) is 41.5 Å². The largest absolute Gasteiger partial charge is 0.469 e. The molecule has 0 aliphatic rings. The lowest BCUT2D eigenvalue weighted by Crippen LogP contribution is -2.41. The quantitative estimate of drug-likeness (QED) is 0.716. The molecule has 14 heavy (non-hydrogen) atoms. The van der Waals surface area contributed by atoms with E-state index in [-0.39, 0.29) is 11.5 Å². The minimum absolute atomic E-state index is 0.207. The van der Waals surface area contributed by atoms with Crippen LogP contribution in [0.3, 0.4) is 0 Å². The molecule has 86 valence electrons. The van der Waals surface area contributed by atoms with Crippen LogP contribution in [0.15, 0.2) is 0 Å². The van der Waals surface area contributed by atoms with Gasteiger partial charge in [-0.2, -0.15) is 0 Å². The third-order valence-corrected chi connectivity index (χ3v) is 1.64. The van der Waals surface area contributed by atoms with Crippen LogP contribution >= 0.6 is 0 Å². The highest BCUT2D eigenvalue weighted by Gasteiger charge is 2.33. The van der Waals surface area contributed by atoms with E-state index in [1.165, 1.54) is 7.11 Å². The molecule has 0 radical (unpaired) electrons. The predicted molar refractivity (Wildman–Crippen MR) is 60.0 cm³/mol. The molecule has 0 spiro atoms. The minimum Gasteiger partial charge on any atom is -0.469 e. The van der Waals surface area contributed by atoms with E-state index in [4.69, 9.17) is 5.73 Å². The summed E-state index contributed by atoms with van der Waals surface area (Å²) < 4.78 is 4.67. The average Bonchev–Trinajstić information content (AvgIpc) is 2.02. The molecular weight excluding hydrogens is 178 g/mol. The highest BCUT2D eigenvalue weighted by atomic mass is 16.5. The first-order chi connectivity index (χ1) is 6.19. The van der Waals surface area contributed by atoms with Gasteiger partial charge in [-0.05, 0) is 34.1 Å². The van der Waals surface area contributed by atoms with Gasteiger partial charge in [0.25, 0.3) is 0 Å². The van der Waals surface area contributed by atoms with Crippen molar-refractivity contribution in [1.82, 2.24) is 0 Å². The van der Waals surface area contributed by atoms with Gasteiger partial charge >= 0.3 is 5.97 Å². The van der Waals surface area contributed by atoms with E-state index in [0.717, 1.165) is 0 Å². The third-order valence-electron chi connectivity index (χ3n) is 1.64. The fraction of sp³-hybridized carbons (Fsp3) is 0.909. The van der Waals surface area contributed by atoms with E-state index < -0.39 is 5.41 Å². The van der Waals surface area contributed by atoms with Gasteiger partial charge in [0.2, 0.25) is 0 Å². The maximum absolute atomic E-state index is 11.2. The van der Waals surface area contributed by atoms with Crippen LogP contribution < -0.4 is 5.73 Å². The first-order valence-corrected chi connectivity index (χ1v) is 5.06. The Morgan fingerprint density at radius 2 is 1.57 bits per heavy atom. The lowest BCUT2D eigenvalue weighted by Gasteiger charge is -2.29. The van der Waals surface area contributed by atoms with Crippen molar-refractivity contribution in [2.24, 2.45) is 11.1 Å². The zero-order valence-electron chi connectivity index (χ0n) is 10.6. The normalized spacial score (nSPS) is 11.4. The molecule has 3 nitrogen and oxygen atoms in total. The van der Waals surface area contributed by atoms with Gasteiger partial charge in [-0.3, -0.25) is 4.79 Å². The van der Waals surface area contributed by atoms with Crippen LogP contribution in [0.25, 0.3) is 0 Å². The Labute approximate surface area is 88.0 Å². The molecule has 0 unspecified atom stereocenters. The number of nitrogens with two attached hydrogens (primary N) is 1. The first kappa shape index (κ1) is 15.9. The molecule has 0 saturated heterocycles. The van der Waals surface area contributed by atoms with E-state index in [1.54, 1.807) is 0 Å². The summed E-state index contributed by atoms with van der Waals surface area (Å²) in [5.74, 6) is -0.207. The van der Waals surface area contributed by atoms with Crippen LogP contribution in [0.5, 0.6) is 0 Å². The second kappa shape index (κ2) is 6.02. The number of hydrogen-bond acceptors (Lipinski definition) is 3. The standard InChI is InChI=1S/C9H19NO2.C2H6/c1-8(2,7(11)12-5)6-9(3,4)10;1-2/h6,10H2,1-5H3;1-2H3. The molecule has 0 atom stereocenters. The monoisotopic (exact) mass is 203 g/mol. The number of hydrogen-bond donors (Lipinski definition) is 1. The van der Waals surface area contributed by atoms with Crippen molar-refractivity contribution >= 4 is 5.97 Å². The Balaban J connectivity index is 0. The molecule has 0 amide bonds. The van der Waals surface area contributed by atoms with E-state index in [9.17, 15) is 4.79 Å². The summed E-state index contributed by atoms with van der Waals surface area (Å²) >= 11 is 0. The highest BCUT2D eigenvalue weighted by Crippen LogP contribution is 2.27. The molecule has 0 aromatic rings. The number of ether oxygens (including phenoxy) is 1. The Morgan fingerprint density at radius 3 is 1.79 bits per heavy atom. The Morgan fingerprint density at radius 1 is 1.21 bits per heavy atom.